The summed E-state index contributed by atoms with van der Waals surface area (Å²) in [7, 11) is 3.90. The highest BCUT2D eigenvalue weighted by molar-refractivity contribution is 5.45. The average molecular weight is 409 g/mol. The Hall–Kier alpha value is -2.08. The second-order valence-corrected chi connectivity index (χ2v) is 8.91. The van der Waals surface area contributed by atoms with Crippen LogP contribution in [0.3, 0.4) is 0 Å². The summed E-state index contributed by atoms with van der Waals surface area (Å²) in [4.78, 5) is 4.96. The molecular weight excluding hydrogens is 376 g/mol. The van der Waals surface area contributed by atoms with Crippen LogP contribution >= 0.6 is 0 Å². The number of morpholine rings is 1. The van der Waals surface area contributed by atoms with Gasteiger partial charge in [-0.1, -0.05) is 18.2 Å². The molecule has 0 amide bonds. The second-order valence-electron chi connectivity index (χ2n) is 8.91. The Morgan fingerprint density at radius 3 is 2.60 bits per heavy atom. The van der Waals surface area contributed by atoms with Crippen molar-refractivity contribution < 1.29 is 14.2 Å². The number of fused-ring (bicyclic) bond motifs is 1. The van der Waals surface area contributed by atoms with Gasteiger partial charge in [-0.2, -0.15) is 0 Å². The molecule has 160 valence electrons. The monoisotopic (exact) mass is 408 g/mol. The van der Waals surface area contributed by atoms with Gasteiger partial charge in [0.15, 0.2) is 0 Å². The van der Waals surface area contributed by atoms with Crippen molar-refractivity contribution in [3.05, 3.63) is 59.2 Å². The molecule has 2 heterocycles. The van der Waals surface area contributed by atoms with E-state index >= 15 is 0 Å². The summed E-state index contributed by atoms with van der Waals surface area (Å²) in [6, 6.07) is 15.9. The van der Waals surface area contributed by atoms with Gasteiger partial charge in [0.05, 0.1) is 13.7 Å². The van der Waals surface area contributed by atoms with Crippen LogP contribution in [0.5, 0.6) is 11.5 Å². The van der Waals surface area contributed by atoms with E-state index in [4.69, 9.17) is 14.2 Å². The molecule has 0 spiro atoms. The Labute approximate surface area is 179 Å². The molecule has 1 saturated carbocycles. The number of hydrogen-bond donors (Lipinski definition) is 0. The van der Waals surface area contributed by atoms with Gasteiger partial charge in [-0.05, 0) is 60.8 Å². The first-order chi connectivity index (χ1) is 14.7. The van der Waals surface area contributed by atoms with E-state index in [1.807, 2.05) is 0 Å². The van der Waals surface area contributed by atoms with Crippen molar-refractivity contribution in [3.63, 3.8) is 0 Å². The molecule has 2 atom stereocenters. The molecule has 1 saturated heterocycles. The predicted octanol–water partition coefficient (Wildman–Crippen LogP) is 3.51. The third-order valence-electron chi connectivity index (χ3n) is 6.61. The fourth-order valence-electron chi connectivity index (χ4n) is 4.84. The zero-order valence-electron chi connectivity index (χ0n) is 18.0. The van der Waals surface area contributed by atoms with Crippen LogP contribution in [-0.2, 0) is 11.3 Å². The van der Waals surface area contributed by atoms with Gasteiger partial charge in [0.2, 0.25) is 0 Å². The van der Waals surface area contributed by atoms with Crippen molar-refractivity contribution in [2.45, 2.75) is 37.5 Å². The number of nitrogens with zero attached hydrogens (tertiary/aromatic N) is 2. The molecule has 2 fully saturated rings. The maximum atomic E-state index is 6.18. The Morgan fingerprint density at radius 1 is 1.03 bits per heavy atom. The van der Waals surface area contributed by atoms with Crippen molar-refractivity contribution in [1.29, 1.82) is 0 Å². The number of benzene rings is 2. The molecule has 2 aromatic carbocycles. The number of likely N-dealkylation sites (N-methyl/N-ethyl adjacent to an activating group) is 1. The lowest BCUT2D eigenvalue weighted by atomic mass is 9.84. The van der Waals surface area contributed by atoms with E-state index < -0.39 is 0 Å². The van der Waals surface area contributed by atoms with Crippen molar-refractivity contribution in [2.75, 3.05) is 47.0 Å². The molecule has 1 aliphatic carbocycles. The van der Waals surface area contributed by atoms with Gasteiger partial charge in [0.25, 0.3) is 0 Å². The van der Waals surface area contributed by atoms with Crippen molar-refractivity contribution in [2.24, 2.45) is 0 Å². The average Bonchev–Trinajstić information content (AvgIpc) is 3.63. The molecule has 1 unspecified atom stereocenters. The van der Waals surface area contributed by atoms with Gasteiger partial charge < -0.3 is 19.1 Å². The first-order valence-electron chi connectivity index (χ1n) is 11.1. The fraction of sp³-hybridized carbons (Fsp3) is 0.520. The van der Waals surface area contributed by atoms with E-state index in [1.54, 1.807) is 7.11 Å². The minimum atomic E-state index is 0.171. The summed E-state index contributed by atoms with van der Waals surface area (Å²) in [6.07, 6.45) is 2.87. The molecule has 5 rings (SSSR count). The van der Waals surface area contributed by atoms with Crippen molar-refractivity contribution in [3.8, 4) is 11.5 Å². The normalized spacial score (nSPS) is 25.0. The lowest BCUT2D eigenvalue weighted by molar-refractivity contribution is -0.0504. The Morgan fingerprint density at radius 2 is 1.83 bits per heavy atom. The largest absolute Gasteiger partial charge is 0.497 e. The number of rotatable bonds is 6. The number of ether oxygens (including phenoxy) is 3. The van der Waals surface area contributed by atoms with E-state index in [1.165, 1.54) is 29.5 Å². The maximum absolute atomic E-state index is 6.18. The van der Waals surface area contributed by atoms with E-state index in [0.29, 0.717) is 12.5 Å². The molecule has 3 aliphatic rings. The van der Waals surface area contributed by atoms with Crippen LogP contribution in [0.15, 0.2) is 42.5 Å². The van der Waals surface area contributed by atoms with Crippen LogP contribution in [0.25, 0.3) is 0 Å². The van der Waals surface area contributed by atoms with Crippen LogP contribution < -0.4 is 9.47 Å². The quantitative estimate of drug-likeness (QED) is 0.731. The third-order valence-corrected chi connectivity index (χ3v) is 6.61. The van der Waals surface area contributed by atoms with E-state index in [0.717, 1.165) is 50.3 Å². The Balaban J connectivity index is 1.28. The van der Waals surface area contributed by atoms with Gasteiger partial charge in [-0.25, -0.2) is 0 Å². The van der Waals surface area contributed by atoms with Gasteiger partial charge in [-0.3, -0.25) is 4.90 Å². The highest BCUT2D eigenvalue weighted by atomic mass is 16.5. The third kappa shape index (κ3) is 4.34. The van der Waals surface area contributed by atoms with E-state index in [9.17, 15) is 0 Å². The highest BCUT2D eigenvalue weighted by Crippen LogP contribution is 2.35. The SMILES string of the molecule is COc1ccc(C2CN(C)Cc3cc(OC[C@@H]4CN(C5CC5)CCO4)ccc32)cc1. The molecule has 2 aromatic rings. The first kappa shape index (κ1) is 19.9. The van der Waals surface area contributed by atoms with Crippen molar-refractivity contribution >= 4 is 0 Å². The minimum Gasteiger partial charge on any atom is -0.497 e. The molecule has 0 radical (unpaired) electrons. The summed E-state index contributed by atoms with van der Waals surface area (Å²) < 4.78 is 17.4. The summed E-state index contributed by atoms with van der Waals surface area (Å²) in [6.45, 7) is 5.49. The highest BCUT2D eigenvalue weighted by Gasteiger charge is 2.33. The lowest BCUT2D eigenvalue weighted by Gasteiger charge is -2.34. The Bertz CT molecular complexity index is 865. The number of hydrogen-bond acceptors (Lipinski definition) is 5. The molecular formula is C25H32N2O3. The standard InChI is InChI=1S/C25H32N2O3/c1-26-14-19-13-22(30-17-23-15-27(11-12-29-23)20-5-6-20)9-10-24(19)25(16-26)18-3-7-21(28-2)8-4-18/h3-4,7-10,13,20,23,25H,5-6,11-12,14-17H2,1-2H3/t23-,25?/m0/s1. The maximum Gasteiger partial charge on any atom is 0.119 e. The smallest absolute Gasteiger partial charge is 0.119 e. The first-order valence-corrected chi connectivity index (χ1v) is 11.1. The molecule has 0 N–H and O–H groups in total. The molecule has 2 aliphatic heterocycles. The van der Waals surface area contributed by atoms with Crippen LogP contribution in [-0.4, -0.2) is 69.0 Å². The predicted molar refractivity (Wildman–Crippen MR) is 117 cm³/mol. The van der Waals surface area contributed by atoms with Crippen LogP contribution in [0.4, 0.5) is 0 Å². The molecule has 30 heavy (non-hydrogen) atoms. The molecule has 5 nitrogen and oxygen atoms in total. The summed E-state index contributed by atoms with van der Waals surface area (Å²) >= 11 is 0. The Kier molecular flexibility index (Phi) is 5.68. The summed E-state index contributed by atoms with van der Waals surface area (Å²) in [5.74, 6) is 2.22. The number of methoxy groups -OCH3 is 1. The zero-order chi connectivity index (χ0) is 20.5. The minimum absolute atomic E-state index is 0.171. The molecule has 5 heteroatoms. The van der Waals surface area contributed by atoms with Crippen LogP contribution in [0, 0.1) is 0 Å². The second kappa shape index (κ2) is 8.58. The van der Waals surface area contributed by atoms with Crippen molar-refractivity contribution in [1.82, 2.24) is 9.80 Å². The summed E-state index contributed by atoms with van der Waals surface area (Å²) in [5.41, 5.74) is 4.08. The zero-order valence-corrected chi connectivity index (χ0v) is 18.0. The topological polar surface area (TPSA) is 34.2 Å². The fourth-order valence-corrected chi connectivity index (χ4v) is 4.84. The van der Waals surface area contributed by atoms with Crippen LogP contribution in [0.2, 0.25) is 0 Å². The van der Waals surface area contributed by atoms with Gasteiger partial charge in [0, 0.05) is 38.1 Å². The summed E-state index contributed by atoms with van der Waals surface area (Å²) in [5, 5.41) is 0. The van der Waals surface area contributed by atoms with E-state index in [2.05, 4.69) is 59.3 Å². The van der Waals surface area contributed by atoms with Crippen LogP contribution in [0.1, 0.15) is 35.4 Å². The molecule has 0 bridgehead atoms. The molecule has 0 aromatic heterocycles. The van der Waals surface area contributed by atoms with Gasteiger partial charge >= 0.3 is 0 Å². The van der Waals surface area contributed by atoms with Gasteiger partial charge in [0.1, 0.15) is 24.2 Å². The van der Waals surface area contributed by atoms with E-state index in [-0.39, 0.29) is 6.10 Å². The lowest BCUT2D eigenvalue weighted by Crippen LogP contribution is -2.45. The van der Waals surface area contributed by atoms with Gasteiger partial charge in [-0.15, -0.1) is 0 Å².